The fraction of sp³-hybridized carbons (Fsp3) is 0.0769. The van der Waals surface area contributed by atoms with Crippen molar-refractivity contribution in [1.29, 1.82) is 0 Å². The van der Waals surface area contributed by atoms with E-state index in [1.165, 1.54) is 37.5 Å². The van der Waals surface area contributed by atoms with Gasteiger partial charge >= 0.3 is 5.97 Å². The maximum absolute atomic E-state index is 12.3. The van der Waals surface area contributed by atoms with E-state index in [0.29, 0.717) is 5.69 Å². The van der Waals surface area contributed by atoms with E-state index in [0.717, 1.165) is 0 Å². The van der Waals surface area contributed by atoms with Crippen LogP contribution in [0.1, 0.15) is 15.9 Å². The van der Waals surface area contributed by atoms with Crippen molar-refractivity contribution in [1.82, 2.24) is 4.98 Å². The molecule has 0 aliphatic heterocycles. The fourth-order valence-electron chi connectivity index (χ4n) is 1.77. The Morgan fingerprint density at radius 3 is 2.60 bits per heavy atom. The first-order valence-electron chi connectivity index (χ1n) is 5.67. The van der Waals surface area contributed by atoms with Crippen LogP contribution in [0.3, 0.4) is 0 Å². The van der Waals surface area contributed by atoms with Crippen molar-refractivity contribution >= 4 is 21.7 Å². The average molecular weight is 292 g/mol. The predicted octanol–water partition coefficient (Wildman–Crippen LogP) is 1.89. The molecule has 0 radical (unpaired) electrons. The summed E-state index contributed by atoms with van der Waals surface area (Å²) in [5.41, 5.74) is 0.461. The van der Waals surface area contributed by atoms with E-state index in [2.05, 4.69) is 9.71 Å². The summed E-state index contributed by atoms with van der Waals surface area (Å²) in [6, 6.07) is 7.27. The molecule has 2 aromatic rings. The summed E-state index contributed by atoms with van der Waals surface area (Å²) in [5.74, 6) is -1.17. The lowest BCUT2D eigenvalue weighted by Crippen LogP contribution is -2.16. The molecule has 0 atom stereocenters. The third kappa shape index (κ3) is 2.77. The standard InChI is InChI=1S/C13H12N2O4S/c1-9-11(13(16)17)5-2-6-12(9)20(18,19)15-10-4-3-7-14-8-10/h2-8,15H,1H3,(H,16,17). The molecule has 0 saturated carbocycles. The van der Waals surface area contributed by atoms with Crippen LogP contribution in [0, 0.1) is 6.92 Å². The van der Waals surface area contributed by atoms with Crippen LogP contribution < -0.4 is 4.72 Å². The first kappa shape index (κ1) is 14.0. The van der Waals surface area contributed by atoms with Gasteiger partial charge in [-0.25, -0.2) is 13.2 Å². The normalized spacial score (nSPS) is 11.1. The van der Waals surface area contributed by atoms with Crippen molar-refractivity contribution in [2.75, 3.05) is 4.72 Å². The molecule has 2 rings (SSSR count). The Balaban J connectivity index is 2.45. The minimum absolute atomic E-state index is 0.0425. The molecular weight excluding hydrogens is 280 g/mol. The Kier molecular flexibility index (Phi) is 3.71. The van der Waals surface area contributed by atoms with Gasteiger partial charge in [0, 0.05) is 6.20 Å². The van der Waals surface area contributed by atoms with E-state index < -0.39 is 16.0 Å². The van der Waals surface area contributed by atoms with Crippen molar-refractivity contribution in [2.24, 2.45) is 0 Å². The van der Waals surface area contributed by atoms with Gasteiger partial charge in [0.2, 0.25) is 0 Å². The summed E-state index contributed by atoms with van der Waals surface area (Å²) >= 11 is 0. The number of rotatable bonds is 4. The molecule has 6 nitrogen and oxygen atoms in total. The molecule has 20 heavy (non-hydrogen) atoms. The van der Waals surface area contributed by atoms with Crippen LogP contribution in [0.15, 0.2) is 47.6 Å². The summed E-state index contributed by atoms with van der Waals surface area (Å²) in [7, 11) is -3.85. The summed E-state index contributed by atoms with van der Waals surface area (Å²) in [6.45, 7) is 1.46. The largest absolute Gasteiger partial charge is 0.478 e. The number of anilines is 1. The maximum atomic E-state index is 12.3. The zero-order valence-corrected chi connectivity index (χ0v) is 11.4. The lowest BCUT2D eigenvalue weighted by Gasteiger charge is -2.11. The number of sulfonamides is 1. The Labute approximate surface area is 116 Å². The molecular formula is C13H12N2O4S. The van der Waals surface area contributed by atoms with Crippen LogP contribution in [0.5, 0.6) is 0 Å². The number of carbonyl (C=O) groups is 1. The molecule has 0 spiro atoms. The first-order chi connectivity index (χ1) is 9.42. The molecule has 0 aliphatic rings. The summed E-state index contributed by atoms with van der Waals surface area (Å²) < 4.78 is 26.9. The predicted molar refractivity (Wildman–Crippen MR) is 73.2 cm³/mol. The molecule has 2 N–H and O–H groups in total. The van der Waals surface area contributed by atoms with Crippen molar-refractivity contribution in [3.05, 3.63) is 53.9 Å². The van der Waals surface area contributed by atoms with E-state index in [9.17, 15) is 13.2 Å². The second kappa shape index (κ2) is 5.30. The number of benzene rings is 1. The molecule has 104 valence electrons. The van der Waals surface area contributed by atoms with Crippen molar-refractivity contribution < 1.29 is 18.3 Å². The number of pyridine rings is 1. The molecule has 0 aliphatic carbocycles. The van der Waals surface area contributed by atoms with Crippen LogP contribution in [0.2, 0.25) is 0 Å². The molecule has 0 bridgehead atoms. The molecule has 1 heterocycles. The molecule has 0 saturated heterocycles. The molecule has 0 unspecified atom stereocenters. The summed E-state index contributed by atoms with van der Waals surface area (Å²) in [5, 5.41) is 9.02. The lowest BCUT2D eigenvalue weighted by molar-refractivity contribution is 0.0696. The number of aromatic carboxylic acids is 1. The minimum atomic E-state index is -3.85. The van der Waals surface area contributed by atoms with Gasteiger partial charge in [-0.05, 0) is 36.8 Å². The van der Waals surface area contributed by atoms with Crippen molar-refractivity contribution in [2.45, 2.75) is 11.8 Å². The second-order valence-corrected chi connectivity index (χ2v) is 5.73. The Morgan fingerprint density at radius 1 is 1.25 bits per heavy atom. The van der Waals surface area contributed by atoms with E-state index in [1.807, 2.05) is 0 Å². The van der Waals surface area contributed by atoms with E-state index in [1.54, 1.807) is 12.1 Å². The highest BCUT2D eigenvalue weighted by Gasteiger charge is 2.20. The fourth-order valence-corrected chi connectivity index (χ4v) is 3.08. The average Bonchev–Trinajstić information content (AvgIpc) is 2.39. The van der Waals surface area contributed by atoms with E-state index in [-0.39, 0.29) is 16.0 Å². The van der Waals surface area contributed by atoms with Gasteiger partial charge in [0.1, 0.15) is 0 Å². The van der Waals surface area contributed by atoms with Gasteiger partial charge in [0.25, 0.3) is 10.0 Å². The zero-order valence-electron chi connectivity index (χ0n) is 10.6. The number of nitrogens with zero attached hydrogens (tertiary/aromatic N) is 1. The minimum Gasteiger partial charge on any atom is -0.478 e. The van der Waals surface area contributed by atoms with Crippen LogP contribution >= 0.6 is 0 Å². The first-order valence-corrected chi connectivity index (χ1v) is 7.16. The monoisotopic (exact) mass is 292 g/mol. The topological polar surface area (TPSA) is 96.4 Å². The highest BCUT2D eigenvalue weighted by Crippen LogP contribution is 2.21. The smallest absolute Gasteiger partial charge is 0.335 e. The van der Waals surface area contributed by atoms with Crippen LogP contribution in [-0.4, -0.2) is 24.5 Å². The SMILES string of the molecule is Cc1c(C(=O)O)cccc1S(=O)(=O)Nc1cccnc1. The van der Waals surface area contributed by atoms with Gasteiger partial charge in [-0.1, -0.05) is 6.07 Å². The van der Waals surface area contributed by atoms with E-state index in [4.69, 9.17) is 5.11 Å². The maximum Gasteiger partial charge on any atom is 0.335 e. The zero-order chi connectivity index (χ0) is 14.8. The number of carboxylic acid groups (broad SMARTS) is 1. The Morgan fingerprint density at radius 2 is 2.00 bits per heavy atom. The molecule has 1 aromatic carbocycles. The third-order valence-corrected chi connectivity index (χ3v) is 4.24. The van der Waals surface area contributed by atoms with Gasteiger partial charge < -0.3 is 5.11 Å². The number of hydrogen-bond donors (Lipinski definition) is 2. The number of carboxylic acids is 1. The van der Waals surface area contributed by atoms with Gasteiger partial charge in [0.15, 0.2) is 0 Å². The summed E-state index contributed by atoms with van der Waals surface area (Å²) in [4.78, 5) is 14.8. The van der Waals surface area contributed by atoms with Crippen LogP contribution in [-0.2, 0) is 10.0 Å². The Bertz CT molecular complexity index is 742. The number of nitrogens with one attached hydrogen (secondary N) is 1. The van der Waals surface area contributed by atoms with Crippen LogP contribution in [0.25, 0.3) is 0 Å². The van der Waals surface area contributed by atoms with Gasteiger partial charge in [-0.2, -0.15) is 0 Å². The van der Waals surface area contributed by atoms with Gasteiger partial charge in [-0.3, -0.25) is 9.71 Å². The highest BCUT2D eigenvalue weighted by atomic mass is 32.2. The van der Waals surface area contributed by atoms with Gasteiger partial charge in [-0.15, -0.1) is 0 Å². The molecule has 0 amide bonds. The van der Waals surface area contributed by atoms with Crippen LogP contribution in [0.4, 0.5) is 5.69 Å². The summed E-state index contributed by atoms with van der Waals surface area (Å²) in [6.07, 6.45) is 2.89. The highest BCUT2D eigenvalue weighted by molar-refractivity contribution is 7.92. The van der Waals surface area contributed by atoms with Gasteiger partial charge in [0.05, 0.1) is 22.3 Å². The van der Waals surface area contributed by atoms with E-state index >= 15 is 0 Å². The molecule has 7 heteroatoms. The molecule has 1 aromatic heterocycles. The lowest BCUT2D eigenvalue weighted by atomic mass is 10.1. The number of aromatic nitrogens is 1. The third-order valence-electron chi connectivity index (χ3n) is 2.72. The van der Waals surface area contributed by atoms with Crippen molar-refractivity contribution in [3.8, 4) is 0 Å². The Hall–Kier alpha value is -2.41. The second-order valence-electron chi connectivity index (χ2n) is 4.08. The number of hydrogen-bond acceptors (Lipinski definition) is 4. The van der Waals surface area contributed by atoms with Crippen molar-refractivity contribution in [3.63, 3.8) is 0 Å². The quantitative estimate of drug-likeness (QED) is 0.897. The molecule has 0 fully saturated rings.